The van der Waals surface area contributed by atoms with Gasteiger partial charge in [0.1, 0.15) is 5.75 Å². The van der Waals surface area contributed by atoms with E-state index in [9.17, 15) is 4.79 Å². The SMILES string of the molecule is COc1ccccc1-c1ccc(N2CCCC(C(=O)NCc3ccccc3Cl)C2)nn1. The van der Waals surface area contributed by atoms with E-state index in [1.807, 2.05) is 60.7 Å². The van der Waals surface area contributed by atoms with E-state index in [1.54, 1.807) is 7.11 Å². The normalized spacial score (nSPS) is 16.1. The fraction of sp³-hybridized carbons (Fsp3) is 0.292. The Bertz CT molecular complexity index is 1040. The Morgan fingerprint density at radius 1 is 1.13 bits per heavy atom. The van der Waals surface area contributed by atoms with Crippen LogP contribution in [0.3, 0.4) is 0 Å². The van der Waals surface area contributed by atoms with Crippen molar-refractivity contribution in [1.29, 1.82) is 0 Å². The molecule has 1 atom stereocenters. The summed E-state index contributed by atoms with van der Waals surface area (Å²) in [6, 6.07) is 19.2. The summed E-state index contributed by atoms with van der Waals surface area (Å²) in [4.78, 5) is 14.9. The zero-order chi connectivity index (χ0) is 21.6. The molecule has 1 amide bonds. The number of anilines is 1. The first-order valence-electron chi connectivity index (χ1n) is 10.4. The van der Waals surface area contributed by atoms with Crippen LogP contribution in [0.25, 0.3) is 11.3 Å². The molecule has 0 bridgehead atoms. The predicted molar refractivity (Wildman–Crippen MR) is 122 cm³/mol. The molecular weight excluding hydrogens is 412 g/mol. The minimum Gasteiger partial charge on any atom is -0.496 e. The Morgan fingerprint density at radius 2 is 1.94 bits per heavy atom. The van der Waals surface area contributed by atoms with Gasteiger partial charge in [0.2, 0.25) is 5.91 Å². The van der Waals surface area contributed by atoms with Crippen LogP contribution in [0.15, 0.2) is 60.7 Å². The molecule has 160 valence electrons. The number of methoxy groups -OCH3 is 1. The Kier molecular flexibility index (Phi) is 6.67. The van der Waals surface area contributed by atoms with Gasteiger partial charge in [-0.15, -0.1) is 10.2 Å². The second-order valence-corrected chi connectivity index (χ2v) is 7.98. The minimum atomic E-state index is -0.0908. The third-order valence-electron chi connectivity index (χ3n) is 5.56. The largest absolute Gasteiger partial charge is 0.496 e. The van der Waals surface area contributed by atoms with Crippen molar-refractivity contribution in [3.63, 3.8) is 0 Å². The van der Waals surface area contributed by atoms with E-state index in [0.29, 0.717) is 18.1 Å². The van der Waals surface area contributed by atoms with Gasteiger partial charge in [0.15, 0.2) is 5.82 Å². The Labute approximate surface area is 187 Å². The van der Waals surface area contributed by atoms with Crippen molar-refractivity contribution in [1.82, 2.24) is 15.5 Å². The number of amides is 1. The lowest BCUT2D eigenvalue weighted by Crippen LogP contribution is -2.43. The van der Waals surface area contributed by atoms with Gasteiger partial charge in [0.25, 0.3) is 0 Å². The highest BCUT2D eigenvalue weighted by molar-refractivity contribution is 6.31. The number of carbonyl (C=O) groups excluding carboxylic acids is 1. The van der Waals surface area contributed by atoms with E-state index in [-0.39, 0.29) is 11.8 Å². The maximum atomic E-state index is 12.7. The van der Waals surface area contributed by atoms with Gasteiger partial charge < -0.3 is 15.0 Å². The molecule has 1 aliphatic rings. The number of ether oxygens (including phenoxy) is 1. The molecule has 4 rings (SSSR count). The van der Waals surface area contributed by atoms with Gasteiger partial charge in [-0.3, -0.25) is 4.79 Å². The van der Waals surface area contributed by atoms with Crippen LogP contribution in [-0.2, 0) is 11.3 Å². The first-order chi connectivity index (χ1) is 15.2. The monoisotopic (exact) mass is 436 g/mol. The maximum Gasteiger partial charge on any atom is 0.225 e. The molecular formula is C24H25ClN4O2. The number of hydrogen-bond donors (Lipinski definition) is 1. The molecule has 0 saturated carbocycles. The smallest absolute Gasteiger partial charge is 0.225 e. The third-order valence-corrected chi connectivity index (χ3v) is 5.93. The molecule has 7 heteroatoms. The summed E-state index contributed by atoms with van der Waals surface area (Å²) in [5, 5.41) is 12.5. The molecule has 0 spiro atoms. The molecule has 1 aliphatic heterocycles. The molecule has 1 saturated heterocycles. The Morgan fingerprint density at radius 3 is 2.71 bits per heavy atom. The van der Waals surface area contributed by atoms with Crippen LogP contribution < -0.4 is 15.0 Å². The van der Waals surface area contributed by atoms with Crippen molar-refractivity contribution in [3.05, 3.63) is 71.2 Å². The lowest BCUT2D eigenvalue weighted by Gasteiger charge is -2.32. The molecule has 2 aromatic carbocycles. The summed E-state index contributed by atoms with van der Waals surface area (Å²) < 4.78 is 5.42. The van der Waals surface area contributed by atoms with E-state index in [1.165, 1.54) is 0 Å². The number of rotatable bonds is 6. The van der Waals surface area contributed by atoms with Crippen LogP contribution in [-0.4, -0.2) is 36.3 Å². The highest BCUT2D eigenvalue weighted by atomic mass is 35.5. The van der Waals surface area contributed by atoms with Crippen LogP contribution in [0.2, 0.25) is 5.02 Å². The average Bonchev–Trinajstić information content (AvgIpc) is 2.83. The van der Waals surface area contributed by atoms with Crippen LogP contribution in [0.4, 0.5) is 5.82 Å². The molecule has 31 heavy (non-hydrogen) atoms. The quantitative estimate of drug-likeness (QED) is 0.622. The first kappa shape index (κ1) is 21.1. The van der Waals surface area contributed by atoms with Gasteiger partial charge in [0.05, 0.1) is 18.7 Å². The first-order valence-corrected chi connectivity index (χ1v) is 10.8. The lowest BCUT2D eigenvalue weighted by atomic mass is 9.97. The van der Waals surface area contributed by atoms with Crippen molar-refractivity contribution in [2.75, 3.05) is 25.1 Å². The number of nitrogens with zero attached hydrogens (tertiary/aromatic N) is 3. The fourth-order valence-corrected chi connectivity index (χ4v) is 4.06. The van der Waals surface area contributed by atoms with Gasteiger partial charge in [-0.2, -0.15) is 0 Å². The van der Waals surface area contributed by atoms with Crippen molar-refractivity contribution in [3.8, 4) is 17.0 Å². The van der Waals surface area contributed by atoms with Crippen LogP contribution in [0.1, 0.15) is 18.4 Å². The second kappa shape index (κ2) is 9.79. The molecule has 3 aromatic rings. The molecule has 2 heterocycles. The zero-order valence-electron chi connectivity index (χ0n) is 17.4. The second-order valence-electron chi connectivity index (χ2n) is 7.57. The van der Waals surface area contributed by atoms with E-state index >= 15 is 0 Å². The number of carbonyl (C=O) groups is 1. The fourth-order valence-electron chi connectivity index (χ4n) is 3.86. The summed E-state index contributed by atoms with van der Waals surface area (Å²) in [7, 11) is 1.64. The van der Waals surface area contributed by atoms with E-state index in [2.05, 4.69) is 20.4 Å². The van der Waals surface area contributed by atoms with Gasteiger partial charge in [-0.05, 0) is 48.7 Å². The number of halogens is 1. The Balaban J connectivity index is 1.40. The molecule has 1 N–H and O–H groups in total. The highest BCUT2D eigenvalue weighted by Gasteiger charge is 2.26. The lowest BCUT2D eigenvalue weighted by molar-refractivity contribution is -0.125. The van der Waals surface area contributed by atoms with Crippen molar-refractivity contribution < 1.29 is 9.53 Å². The number of piperidine rings is 1. The standard InChI is InChI=1S/C24H25ClN4O2/c1-31-22-11-5-3-9-19(22)21-12-13-23(28-27-21)29-14-6-8-18(16-29)24(30)26-15-17-7-2-4-10-20(17)25/h2-5,7,9-13,18H,6,8,14-16H2,1H3,(H,26,30). The number of nitrogens with one attached hydrogen (secondary N) is 1. The number of hydrogen-bond acceptors (Lipinski definition) is 5. The van der Waals surface area contributed by atoms with Gasteiger partial charge in [-0.1, -0.05) is 41.9 Å². The maximum absolute atomic E-state index is 12.7. The van der Waals surface area contributed by atoms with Crippen molar-refractivity contribution in [2.45, 2.75) is 19.4 Å². The van der Waals surface area contributed by atoms with E-state index in [4.69, 9.17) is 16.3 Å². The summed E-state index contributed by atoms with van der Waals surface area (Å²) in [6.45, 7) is 1.91. The number of para-hydroxylation sites is 1. The summed E-state index contributed by atoms with van der Waals surface area (Å²) in [5.41, 5.74) is 2.58. The number of benzene rings is 2. The topological polar surface area (TPSA) is 67.3 Å². The molecule has 1 aromatic heterocycles. The zero-order valence-corrected chi connectivity index (χ0v) is 18.2. The van der Waals surface area contributed by atoms with Crippen molar-refractivity contribution >= 4 is 23.3 Å². The van der Waals surface area contributed by atoms with Gasteiger partial charge >= 0.3 is 0 Å². The molecule has 1 fully saturated rings. The third kappa shape index (κ3) is 4.97. The molecule has 6 nitrogen and oxygen atoms in total. The van der Waals surface area contributed by atoms with Crippen LogP contribution in [0, 0.1) is 5.92 Å². The predicted octanol–water partition coefficient (Wildman–Crippen LogP) is 4.34. The summed E-state index contributed by atoms with van der Waals surface area (Å²) in [6.07, 6.45) is 1.79. The Hall–Kier alpha value is -3.12. The minimum absolute atomic E-state index is 0.0446. The summed E-state index contributed by atoms with van der Waals surface area (Å²) in [5.74, 6) is 1.50. The highest BCUT2D eigenvalue weighted by Crippen LogP contribution is 2.29. The average molecular weight is 437 g/mol. The van der Waals surface area contributed by atoms with Gasteiger partial charge in [0, 0.05) is 30.2 Å². The molecule has 1 unspecified atom stereocenters. The number of aromatic nitrogens is 2. The van der Waals surface area contributed by atoms with Gasteiger partial charge in [-0.25, -0.2) is 0 Å². The van der Waals surface area contributed by atoms with Crippen LogP contribution >= 0.6 is 11.6 Å². The van der Waals surface area contributed by atoms with Crippen LogP contribution in [0.5, 0.6) is 5.75 Å². The molecule has 0 aliphatic carbocycles. The van der Waals surface area contributed by atoms with E-state index in [0.717, 1.165) is 47.8 Å². The molecule has 0 radical (unpaired) electrons. The summed E-state index contributed by atoms with van der Waals surface area (Å²) >= 11 is 6.19. The van der Waals surface area contributed by atoms with E-state index < -0.39 is 0 Å². The van der Waals surface area contributed by atoms with Crippen molar-refractivity contribution in [2.24, 2.45) is 5.92 Å².